The lowest BCUT2D eigenvalue weighted by Crippen LogP contribution is -2.42. The fraction of sp³-hybridized carbons (Fsp3) is 0.611. The maximum Gasteiger partial charge on any atom is 0.409 e. The molecule has 1 aromatic rings. The molecule has 2 heterocycles. The molecule has 2 aliphatic rings. The molecule has 0 bridgehead atoms. The van der Waals surface area contributed by atoms with E-state index in [2.05, 4.69) is 15.6 Å². The van der Waals surface area contributed by atoms with E-state index < -0.39 is 0 Å². The van der Waals surface area contributed by atoms with Crippen molar-refractivity contribution in [1.82, 2.24) is 9.88 Å². The number of likely N-dealkylation sites (tertiary alicyclic amines) is 1. The molecule has 2 N–H and O–H groups in total. The Kier molecular flexibility index (Phi) is 5.73. The number of pyridine rings is 1. The Morgan fingerprint density at radius 1 is 1.24 bits per heavy atom. The van der Waals surface area contributed by atoms with Gasteiger partial charge in [-0.25, -0.2) is 9.78 Å². The monoisotopic (exact) mass is 346 g/mol. The van der Waals surface area contributed by atoms with Crippen molar-refractivity contribution in [2.75, 3.05) is 30.3 Å². The Balaban J connectivity index is 1.44. The Morgan fingerprint density at radius 2 is 2.00 bits per heavy atom. The first kappa shape index (κ1) is 17.5. The van der Waals surface area contributed by atoms with Gasteiger partial charge in [-0.1, -0.05) is 6.42 Å². The van der Waals surface area contributed by atoms with Crippen LogP contribution < -0.4 is 10.6 Å². The number of ether oxygens (including phenoxy) is 1. The molecule has 1 saturated carbocycles. The second-order valence-corrected chi connectivity index (χ2v) is 6.65. The Bertz CT molecular complexity index is 593. The summed E-state index contributed by atoms with van der Waals surface area (Å²) in [6.45, 7) is 3.61. The molecule has 2 fully saturated rings. The molecular formula is C18H26N4O3. The van der Waals surface area contributed by atoms with Crippen molar-refractivity contribution in [2.24, 2.45) is 5.92 Å². The summed E-state index contributed by atoms with van der Waals surface area (Å²) >= 11 is 0. The molecule has 1 aliphatic heterocycles. The van der Waals surface area contributed by atoms with Gasteiger partial charge in [-0.3, -0.25) is 4.79 Å². The van der Waals surface area contributed by atoms with Gasteiger partial charge < -0.3 is 20.3 Å². The molecule has 0 aromatic carbocycles. The van der Waals surface area contributed by atoms with Crippen LogP contribution in [0.3, 0.4) is 0 Å². The Hall–Kier alpha value is -2.31. The molecule has 1 saturated heterocycles. The molecule has 7 nitrogen and oxygen atoms in total. The van der Waals surface area contributed by atoms with Gasteiger partial charge in [0.1, 0.15) is 5.82 Å². The number of anilines is 2. The average molecular weight is 346 g/mol. The van der Waals surface area contributed by atoms with Crippen molar-refractivity contribution in [2.45, 2.75) is 45.1 Å². The number of carbonyl (C=O) groups excluding carboxylic acids is 2. The summed E-state index contributed by atoms with van der Waals surface area (Å²) in [5.74, 6) is 0.828. The summed E-state index contributed by atoms with van der Waals surface area (Å²) in [6, 6.07) is 4.07. The number of hydrogen-bond donors (Lipinski definition) is 2. The fourth-order valence-electron chi connectivity index (χ4n) is 3.11. The van der Waals surface area contributed by atoms with Gasteiger partial charge in [-0.05, 0) is 44.7 Å². The molecule has 0 radical (unpaired) electrons. The van der Waals surface area contributed by atoms with Gasteiger partial charge in [0.15, 0.2) is 0 Å². The Morgan fingerprint density at radius 3 is 2.56 bits per heavy atom. The van der Waals surface area contributed by atoms with E-state index in [1.807, 2.05) is 19.1 Å². The van der Waals surface area contributed by atoms with E-state index in [1.165, 1.54) is 0 Å². The van der Waals surface area contributed by atoms with Crippen LogP contribution in [0.4, 0.5) is 16.3 Å². The van der Waals surface area contributed by atoms with Crippen LogP contribution in [0.1, 0.15) is 39.0 Å². The number of rotatable bonds is 5. The first-order chi connectivity index (χ1) is 12.2. The number of hydrogen-bond acceptors (Lipinski definition) is 5. The van der Waals surface area contributed by atoms with Gasteiger partial charge in [0.05, 0.1) is 18.5 Å². The van der Waals surface area contributed by atoms with Crippen LogP contribution in [-0.4, -0.2) is 47.6 Å². The summed E-state index contributed by atoms with van der Waals surface area (Å²) in [7, 11) is 0. The lowest BCUT2D eigenvalue weighted by molar-refractivity contribution is -0.122. The minimum Gasteiger partial charge on any atom is -0.450 e. The van der Waals surface area contributed by atoms with Crippen molar-refractivity contribution in [3.05, 3.63) is 18.3 Å². The summed E-state index contributed by atoms with van der Waals surface area (Å²) in [4.78, 5) is 29.7. The third-order valence-corrected chi connectivity index (χ3v) is 4.88. The molecule has 0 atom stereocenters. The number of amides is 2. The van der Waals surface area contributed by atoms with Gasteiger partial charge in [0.25, 0.3) is 0 Å². The van der Waals surface area contributed by atoms with Crippen LogP contribution >= 0.6 is 0 Å². The van der Waals surface area contributed by atoms with Crippen LogP contribution in [0.2, 0.25) is 0 Å². The molecule has 2 amide bonds. The van der Waals surface area contributed by atoms with E-state index in [0.717, 1.165) is 37.8 Å². The second kappa shape index (κ2) is 8.18. The molecule has 1 aromatic heterocycles. The van der Waals surface area contributed by atoms with E-state index in [1.54, 1.807) is 11.1 Å². The largest absolute Gasteiger partial charge is 0.450 e. The number of nitrogens with zero attached hydrogens (tertiary/aromatic N) is 2. The molecule has 3 rings (SSSR count). The van der Waals surface area contributed by atoms with Crippen molar-refractivity contribution in [1.29, 1.82) is 0 Å². The van der Waals surface area contributed by atoms with E-state index in [4.69, 9.17) is 4.74 Å². The SMILES string of the molecule is CCOC(=O)N1CCC(Nc2ccc(NC(=O)C3CCC3)nc2)CC1. The average Bonchev–Trinajstić information content (AvgIpc) is 2.56. The number of carbonyl (C=O) groups is 2. The summed E-state index contributed by atoms with van der Waals surface area (Å²) in [5.41, 5.74) is 0.927. The standard InChI is InChI=1S/C18H26N4O3/c1-2-25-18(24)22-10-8-14(9-11-22)20-15-6-7-16(19-12-15)21-17(23)13-4-3-5-13/h6-7,12-14,20H,2-5,8-11H2,1H3,(H,19,21,23). The predicted octanol–water partition coefficient (Wildman–Crippen LogP) is 2.85. The highest BCUT2D eigenvalue weighted by Crippen LogP contribution is 2.27. The molecule has 0 unspecified atom stereocenters. The molecule has 0 spiro atoms. The molecule has 25 heavy (non-hydrogen) atoms. The zero-order valence-electron chi connectivity index (χ0n) is 14.7. The molecule has 136 valence electrons. The third kappa shape index (κ3) is 4.61. The summed E-state index contributed by atoms with van der Waals surface area (Å²) < 4.78 is 5.03. The second-order valence-electron chi connectivity index (χ2n) is 6.65. The fourth-order valence-corrected chi connectivity index (χ4v) is 3.11. The Labute approximate surface area is 148 Å². The van der Waals surface area contributed by atoms with Crippen molar-refractivity contribution >= 4 is 23.5 Å². The highest BCUT2D eigenvalue weighted by Gasteiger charge is 2.25. The molecule has 1 aliphatic carbocycles. The minimum absolute atomic E-state index is 0.0748. The zero-order valence-corrected chi connectivity index (χ0v) is 14.7. The molecule has 7 heteroatoms. The third-order valence-electron chi connectivity index (χ3n) is 4.88. The first-order valence-corrected chi connectivity index (χ1v) is 9.11. The highest BCUT2D eigenvalue weighted by atomic mass is 16.6. The number of piperidine rings is 1. The smallest absolute Gasteiger partial charge is 0.409 e. The lowest BCUT2D eigenvalue weighted by atomic mass is 9.85. The lowest BCUT2D eigenvalue weighted by Gasteiger charge is -2.32. The normalized spacial score (nSPS) is 18.4. The van der Waals surface area contributed by atoms with Crippen LogP contribution in [0.5, 0.6) is 0 Å². The summed E-state index contributed by atoms with van der Waals surface area (Å²) in [6.07, 6.45) is 6.37. The number of nitrogens with one attached hydrogen (secondary N) is 2. The van der Waals surface area contributed by atoms with E-state index in [-0.39, 0.29) is 17.9 Å². The van der Waals surface area contributed by atoms with Crippen LogP contribution in [0, 0.1) is 5.92 Å². The van der Waals surface area contributed by atoms with Crippen LogP contribution in [-0.2, 0) is 9.53 Å². The van der Waals surface area contributed by atoms with Crippen molar-refractivity contribution in [3.8, 4) is 0 Å². The maximum atomic E-state index is 11.9. The first-order valence-electron chi connectivity index (χ1n) is 9.11. The van der Waals surface area contributed by atoms with Gasteiger partial charge >= 0.3 is 6.09 Å². The quantitative estimate of drug-likeness (QED) is 0.856. The molecular weight excluding hydrogens is 320 g/mol. The van der Waals surface area contributed by atoms with Crippen LogP contribution in [0.15, 0.2) is 18.3 Å². The van der Waals surface area contributed by atoms with Crippen molar-refractivity contribution < 1.29 is 14.3 Å². The zero-order chi connectivity index (χ0) is 17.6. The van der Waals surface area contributed by atoms with Crippen molar-refractivity contribution in [3.63, 3.8) is 0 Å². The minimum atomic E-state index is -0.228. The van der Waals surface area contributed by atoms with E-state index in [9.17, 15) is 9.59 Å². The maximum absolute atomic E-state index is 11.9. The van der Waals surface area contributed by atoms with Gasteiger partial charge in [0, 0.05) is 25.0 Å². The van der Waals surface area contributed by atoms with Gasteiger partial charge in [-0.15, -0.1) is 0 Å². The highest BCUT2D eigenvalue weighted by molar-refractivity contribution is 5.92. The van der Waals surface area contributed by atoms with E-state index in [0.29, 0.717) is 31.6 Å². The van der Waals surface area contributed by atoms with Gasteiger partial charge in [-0.2, -0.15) is 0 Å². The topological polar surface area (TPSA) is 83.6 Å². The van der Waals surface area contributed by atoms with Crippen LogP contribution in [0.25, 0.3) is 0 Å². The van der Waals surface area contributed by atoms with E-state index >= 15 is 0 Å². The number of aromatic nitrogens is 1. The van der Waals surface area contributed by atoms with Gasteiger partial charge in [0.2, 0.25) is 5.91 Å². The summed E-state index contributed by atoms with van der Waals surface area (Å²) in [5, 5.41) is 6.31. The predicted molar refractivity (Wildman–Crippen MR) is 95.4 cm³/mol.